The molecule has 3 rings (SSSR count). The van der Waals surface area contributed by atoms with Gasteiger partial charge >= 0.3 is 0 Å². The molecule has 2 unspecified atom stereocenters. The van der Waals surface area contributed by atoms with E-state index >= 15 is 0 Å². The van der Waals surface area contributed by atoms with Crippen LogP contribution in [0.4, 0.5) is 0 Å². The van der Waals surface area contributed by atoms with E-state index in [1.165, 1.54) is 30.4 Å². The van der Waals surface area contributed by atoms with Crippen LogP contribution in [-0.2, 0) is 12.8 Å². The predicted octanol–water partition coefficient (Wildman–Crippen LogP) is 7.27. The number of allylic oxidation sites excluding steroid dienone is 3. The minimum atomic E-state index is 0.177. The second-order valence-corrected chi connectivity index (χ2v) is 8.24. The summed E-state index contributed by atoms with van der Waals surface area (Å²) in [5.74, 6) is 0.687. The fraction of sp³-hybridized carbons (Fsp3) is 0.385. The van der Waals surface area contributed by atoms with Crippen molar-refractivity contribution in [2.75, 3.05) is 0 Å². The smallest absolute Gasteiger partial charge is 0.0109 e. The second-order valence-electron chi connectivity index (χ2n) is 8.24. The molecule has 0 nitrogen and oxygen atoms in total. The van der Waals surface area contributed by atoms with Gasteiger partial charge in [0, 0.05) is 0 Å². The van der Waals surface area contributed by atoms with Crippen molar-refractivity contribution in [1.29, 1.82) is 0 Å². The zero-order valence-corrected chi connectivity index (χ0v) is 16.4. The highest BCUT2D eigenvalue weighted by Gasteiger charge is 2.29. The average molecular weight is 345 g/mol. The number of hydrogen-bond acceptors (Lipinski definition) is 0. The fourth-order valence-corrected chi connectivity index (χ4v) is 4.17. The van der Waals surface area contributed by atoms with Crippen molar-refractivity contribution < 1.29 is 0 Å². The van der Waals surface area contributed by atoms with E-state index in [4.69, 9.17) is 0 Å². The van der Waals surface area contributed by atoms with E-state index in [1.807, 2.05) is 0 Å². The quantitative estimate of drug-likeness (QED) is 0.442. The molecule has 0 saturated heterocycles. The largest absolute Gasteiger partial charge is 0.103 e. The first-order chi connectivity index (χ1) is 12.6. The molecule has 0 radical (unpaired) electrons. The van der Waals surface area contributed by atoms with Gasteiger partial charge in [0.15, 0.2) is 0 Å². The van der Waals surface area contributed by atoms with Gasteiger partial charge in [0.05, 0.1) is 0 Å². The molecule has 0 saturated carbocycles. The standard InChI is InChI=1S/C26H32/c1-4-26(3,20-24-17-16-23-12-8-9-13-25(23)24)19-18-21(2)14-15-22-10-6-5-7-11-22/h4-13,18,24H,1,14-17,19-20H2,2-3H3/b21-18+. The van der Waals surface area contributed by atoms with Crippen LogP contribution in [0.2, 0.25) is 0 Å². The molecule has 0 amide bonds. The Hall–Kier alpha value is -2.08. The van der Waals surface area contributed by atoms with Crippen LogP contribution < -0.4 is 0 Å². The van der Waals surface area contributed by atoms with Crippen LogP contribution >= 0.6 is 0 Å². The van der Waals surface area contributed by atoms with Crippen LogP contribution in [-0.4, -0.2) is 0 Å². The second kappa shape index (κ2) is 8.54. The molecule has 26 heavy (non-hydrogen) atoms. The minimum Gasteiger partial charge on any atom is -0.103 e. The maximum atomic E-state index is 4.17. The van der Waals surface area contributed by atoms with Crippen molar-refractivity contribution in [3.8, 4) is 0 Å². The third-order valence-corrected chi connectivity index (χ3v) is 6.03. The van der Waals surface area contributed by atoms with Gasteiger partial charge in [-0.2, -0.15) is 0 Å². The van der Waals surface area contributed by atoms with Crippen molar-refractivity contribution in [1.82, 2.24) is 0 Å². The summed E-state index contributed by atoms with van der Waals surface area (Å²) in [6.45, 7) is 8.83. The van der Waals surface area contributed by atoms with Crippen molar-refractivity contribution in [3.05, 3.63) is 95.6 Å². The number of benzene rings is 2. The van der Waals surface area contributed by atoms with E-state index in [0.717, 1.165) is 19.3 Å². The van der Waals surface area contributed by atoms with E-state index < -0.39 is 0 Å². The van der Waals surface area contributed by atoms with E-state index in [9.17, 15) is 0 Å². The fourth-order valence-electron chi connectivity index (χ4n) is 4.17. The lowest BCUT2D eigenvalue weighted by atomic mass is 9.76. The highest BCUT2D eigenvalue weighted by molar-refractivity contribution is 5.35. The van der Waals surface area contributed by atoms with E-state index in [0.29, 0.717) is 5.92 Å². The van der Waals surface area contributed by atoms with Crippen LogP contribution in [0.3, 0.4) is 0 Å². The number of rotatable bonds is 8. The first kappa shape index (κ1) is 18.7. The Kier molecular flexibility index (Phi) is 6.14. The molecule has 2 atom stereocenters. The van der Waals surface area contributed by atoms with Crippen molar-refractivity contribution >= 4 is 0 Å². The summed E-state index contributed by atoms with van der Waals surface area (Å²) < 4.78 is 0. The molecule has 0 spiro atoms. The molecule has 0 N–H and O–H groups in total. The lowest BCUT2D eigenvalue weighted by Crippen LogP contribution is -2.16. The summed E-state index contributed by atoms with van der Waals surface area (Å²) >= 11 is 0. The molecule has 0 heterocycles. The SMILES string of the molecule is C=CC(C)(C/C=C(\C)CCc1ccccc1)CC1CCc2ccccc21. The Morgan fingerprint density at radius 1 is 1.12 bits per heavy atom. The Morgan fingerprint density at radius 3 is 2.62 bits per heavy atom. The Morgan fingerprint density at radius 2 is 1.85 bits per heavy atom. The van der Waals surface area contributed by atoms with Crippen LogP contribution in [0.25, 0.3) is 0 Å². The van der Waals surface area contributed by atoms with Crippen LogP contribution in [0, 0.1) is 5.41 Å². The summed E-state index contributed by atoms with van der Waals surface area (Å²) in [7, 11) is 0. The van der Waals surface area contributed by atoms with Gasteiger partial charge in [-0.05, 0) is 73.5 Å². The molecular formula is C26H32. The molecular weight excluding hydrogens is 312 g/mol. The lowest BCUT2D eigenvalue weighted by molar-refractivity contribution is 0.355. The Labute approximate surface area is 159 Å². The molecule has 0 fully saturated rings. The molecule has 2 aromatic carbocycles. The van der Waals surface area contributed by atoms with Crippen molar-refractivity contribution in [3.63, 3.8) is 0 Å². The third kappa shape index (κ3) is 4.75. The molecule has 136 valence electrons. The molecule has 2 aromatic rings. The van der Waals surface area contributed by atoms with Gasteiger partial charge in [0.2, 0.25) is 0 Å². The summed E-state index contributed by atoms with van der Waals surface area (Å²) in [4.78, 5) is 0. The monoisotopic (exact) mass is 344 g/mol. The van der Waals surface area contributed by atoms with E-state index in [-0.39, 0.29) is 5.41 Å². The molecule has 0 aliphatic heterocycles. The zero-order chi connectivity index (χ0) is 18.4. The van der Waals surface area contributed by atoms with Gasteiger partial charge in [-0.1, -0.05) is 79.2 Å². The number of aryl methyl sites for hydroxylation is 2. The maximum Gasteiger partial charge on any atom is -0.0109 e. The molecule has 0 heteroatoms. The van der Waals surface area contributed by atoms with E-state index in [1.54, 1.807) is 11.1 Å². The van der Waals surface area contributed by atoms with Crippen LogP contribution in [0.1, 0.15) is 62.1 Å². The highest BCUT2D eigenvalue weighted by atomic mass is 14.3. The average Bonchev–Trinajstić information content (AvgIpc) is 3.08. The van der Waals surface area contributed by atoms with Gasteiger partial charge in [-0.3, -0.25) is 0 Å². The molecule has 1 aliphatic rings. The van der Waals surface area contributed by atoms with Gasteiger partial charge < -0.3 is 0 Å². The summed E-state index contributed by atoms with van der Waals surface area (Å²) in [5.41, 5.74) is 6.22. The normalized spacial score (nSPS) is 19.0. The van der Waals surface area contributed by atoms with Crippen molar-refractivity contribution in [2.45, 2.75) is 58.3 Å². The zero-order valence-electron chi connectivity index (χ0n) is 16.4. The molecule has 0 aromatic heterocycles. The summed E-state index contributed by atoms with van der Waals surface area (Å²) in [5, 5.41) is 0. The topological polar surface area (TPSA) is 0 Å². The summed E-state index contributed by atoms with van der Waals surface area (Å²) in [6, 6.07) is 19.8. The minimum absolute atomic E-state index is 0.177. The van der Waals surface area contributed by atoms with Crippen LogP contribution in [0.5, 0.6) is 0 Å². The van der Waals surface area contributed by atoms with Gasteiger partial charge in [-0.25, -0.2) is 0 Å². The first-order valence-electron chi connectivity index (χ1n) is 10.0. The van der Waals surface area contributed by atoms with Gasteiger partial charge in [0.1, 0.15) is 0 Å². The molecule has 0 bridgehead atoms. The van der Waals surface area contributed by atoms with Gasteiger partial charge in [-0.15, -0.1) is 6.58 Å². The highest BCUT2D eigenvalue weighted by Crippen LogP contribution is 2.43. The summed E-state index contributed by atoms with van der Waals surface area (Å²) in [6.07, 6.45) is 11.7. The Balaban J connectivity index is 1.58. The third-order valence-electron chi connectivity index (χ3n) is 6.03. The predicted molar refractivity (Wildman–Crippen MR) is 114 cm³/mol. The number of fused-ring (bicyclic) bond motifs is 1. The first-order valence-corrected chi connectivity index (χ1v) is 10.0. The van der Waals surface area contributed by atoms with E-state index in [2.05, 4.69) is 87.2 Å². The molecule has 1 aliphatic carbocycles. The van der Waals surface area contributed by atoms with Crippen molar-refractivity contribution in [2.24, 2.45) is 5.41 Å². The van der Waals surface area contributed by atoms with Crippen LogP contribution in [0.15, 0.2) is 78.9 Å². The lowest BCUT2D eigenvalue weighted by Gasteiger charge is -2.28. The maximum absolute atomic E-state index is 4.17. The Bertz CT molecular complexity index is 753. The van der Waals surface area contributed by atoms with Gasteiger partial charge in [0.25, 0.3) is 0 Å². The number of hydrogen-bond donors (Lipinski definition) is 0.